The summed E-state index contributed by atoms with van der Waals surface area (Å²) in [5, 5.41) is 3.57. The van der Waals surface area contributed by atoms with Gasteiger partial charge in [0.2, 0.25) is 0 Å². The van der Waals surface area contributed by atoms with E-state index >= 15 is 0 Å². The number of benzene rings is 2. The number of anilines is 1. The molecule has 0 heterocycles. The highest BCUT2D eigenvalue weighted by Gasteiger charge is 2.12. The fraction of sp³-hybridized carbons (Fsp3) is 0.294. The predicted molar refractivity (Wildman–Crippen MR) is 88.5 cm³/mol. The zero-order valence-corrected chi connectivity index (χ0v) is 13.7. The van der Waals surface area contributed by atoms with E-state index in [0.717, 1.165) is 22.3 Å². The minimum atomic E-state index is 0.268. The van der Waals surface area contributed by atoms with Gasteiger partial charge in [-0.25, -0.2) is 0 Å². The van der Waals surface area contributed by atoms with Gasteiger partial charge in [0.05, 0.1) is 18.8 Å². The van der Waals surface area contributed by atoms with Crippen molar-refractivity contribution in [2.75, 3.05) is 12.4 Å². The van der Waals surface area contributed by atoms with Crippen LogP contribution in [0.15, 0.2) is 46.9 Å². The maximum absolute atomic E-state index is 5.46. The van der Waals surface area contributed by atoms with Crippen molar-refractivity contribution in [2.24, 2.45) is 0 Å². The van der Waals surface area contributed by atoms with Gasteiger partial charge in [0.25, 0.3) is 0 Å². The molecule has 0 aliphatic heterocycles. The summed E-state index contributed by atoms with van der Waals surface area (Å²) in [5.41, 5.74) is 3.50. The third-order valence-corrected chi connectivity index (χ3v) is 3.84. The molecule has 1 unspecified atom stereocenters. The Labute approximate surface area is 129 Å². The second-order valence-electron chi connectivity index (χ2n) is 4.86. The van der Waals surface area contributed by atoms with E-state index in [0.29, 0.717) is 0 Å². The van der Waals surface area contributed by atoms with Crippen molar-refractivity contribution < 1.29 is 4.74 Å². The molecule has 2 nitrogen and oxygen atoms in total. The van der Waals surface area contributed by atoms with E-state index in [1.54, 1.807) is 7.11 Å². The first-order chi connectivity index (χ1) is 9.63. The summed E-state index contributed by atoms with van der Waals surface area (Å²) < 4.78 is 6.56. The van der Waals surface area contributed by atoms with Gasteiger partial charge in [-0.2, -0.15) is 0 Å². The van der Waals surface area contributed by atoms with E-state index in [4.69, 9.17) is 4.74 Å². The third kappa shape index (κ3) is 3.54. The van der Waals surface area contributed by atoms with E-state index in [2.05, 4.69) is 71.5 Å². The molecule has 0 saturated carbocycles. The third-order valence-electron chi connectivity index (χ3n) is 3.35. The summed E-state index contributed by atoms with van der Waals surface area (Å²) in [6, 6.07) is 14.9. The Morgan fingerprint density at radius 2 is 2.00 bits per heavy atom. The number of hydrogen-bond donors (Lipinski definition) is 1. The molecule has 0 aliphatic carbocycles. The van der Waals surface area contributed by atoms with Crippen LogP contribution in [0.25, 0.3) is 0 Å². The predicted octanol–water partition coefficient (Wildman–Crippen LogP) is 5.33. The second kappa shape index (κ2) is 6.80. The zero-order valence-electron chi connectivity index (χ0n) is 12.1. The molecule has 1 N–H and O–H groups in total. The maximum Gasteiger partial charge on any atom is 0.142 e. The quantitative estimate of drug-likeness (QED) is 0.798. The van der Waals surface area contributed by atoms with Gasteiger partial charge >= 0.3 is 0 Å². The standard InChI is InChI=1S/C17H20BrNO/c1-4-15(13-6-5-7-14(18)11-13)19-16-9-8-12(2)10-17(16)20-3/h5-11,15,19H,4H2,1-3H3. The molecule has 2 aromatic carbocycles. The molecule has 3 heteroatoms. The lowest BCUT2D eigenvalue weighted by Crippen LogP contribution is -2.10. The van der Waals surface area contributed by atoms with Gasteiger partial charge in [-0.05, 0) is 48.7 Å². The Balaban J connectivity index is 2.26. The number of nitrogens with one attached hydrogen (secondary N) is 1. The van der Waals surface area contributed by atoms with Crippen molar-refractivity contribution in [1.82, 2.24) is 0 Å². The normalized spacial score (nSPS) is 12.0. The largest absolute Gasteiger partial charge is 0.495 e. The molecule has 0 amide bonds. The Morgan fingerprint density at radius 3 is 2.65 bits per heavy atom. The van der Waals surface area contributed by atoms with Gasteiger partial charge < -0.3 is 10.1 Å². The monoisotopic (exact) mass is 333 g/mol. The van der Waals surface area contributed by atoms with Gasteiger partial charge in [0, 0.05) is 4.47 Å². The molecule has 1 atom stereocenters. The smallest absolute Gasteiger partial charge is 0.142 e. The Kier molecular flexibility index (Phi) is 5.07. The first kappa shape index (κ1) is 14.9. The summed E-state index contributed by atoms with van der Waals surface area (Å²) >= 11 is 3.53. The highest BCUT2D eigenvalue weighted by molar-refractivity contribution is 9.10. The lowest BCUT2D eigenvalue weighted by atomic mass is 10.0. The number of methoxy groups -OCH3 is 1. The van der Waals surface area contributed by atoms with Crippen LogP contribution in [-0.4, -0.2) is 7.11 Å². The lowest BCUT2D eigenvalue weighted by molar-refractivity contribution is 0.415. The minimum Gasteiger partial charge on any atom is -0.495 e. The molecule has 0 radical (unpaired) electrons. The van der Waals surface area contributed by atoms with Crippen molar-refractivity contribution in [1.29, 1.82) is 0 Å². The van der Waals surface area contributed by atoms with Crippen LogP contribution in [0.5, 0.6) is 5.75 Å². The van der Waals surface area contributed by atoms with Crippen LogP contribution >= 0.6 is 15.9 Å². The van der Waals surface area contributed by atoms with E-state index in [1.165, 1.54) is 11.1 Å². The van der Waals surface area contributed by atoms with Crippen LogP contribution in [0.2, 0.25) is 0 Å². The summed E-state index contributed by atoms with van der Waals surface area (Å²) in [6.45, 7) is 4.25. The average molecular weight is 334 g/mol. The highest BCUT2D eigenvalue weighted by Crippen LogP contribution is 2.31. The molecule has 0 fully saturated rings. The number of rotatable bonds is 5. The maximum atomic E-state index is 5.46. The zero-order chi connectivity index (χ0) is 14.5. The van der Waals surface area contributed by atoms with Crippen LogP contribution in [-0.2, 0) is 0 Å². The first-order valence-corrected chi connectivity index (χ1v) is 7.60. The number of hydrogen-bond acceptors (Lipinski definition) is 2. The van der Waals surface area contributed by atoms with Gasteiger partial charge in [0.1, 0.15) is 5.75 Å². The molecule has 2 aromatic rings. The molecular weight excluding hydrogens is 314 g/mol. The topological polar surface area (TPSA) is 21.3 Å². The molecule has 106 valence electrons. The van der Waals surface area contributed by atoms with Crippen LogP contribution in [0.1, 0.15) is 30.5 Å². The SMILES string of the molecule is CCC(Nc1ccc(C)cc1OC)c1cccc(Br)c1. The van der Waals surface area contributed by atoms with Crippen molar-refractivity contribution >= 4 is 21.6 Å². The van der Waals surface area contributed by atoms with E-state index < -0.39 is 0 Å². The molecule has 0 saturated heterocycles. The molecule has 0 bridgehead atoms. The van der Waals surface area contributed by atoms with Gasteiger partial charge in [-0.3, -0.25) is 0 Å². The highest BCUT2D eigenvalue weighted by atomic mass is 79.9. The minimum absolute atomic E-state index is 0.268. The van der Waals surface area contributed by atoms with E-state index in [9.17, 15) is 0 Å². The van der Waals surface area contributed by atoms with Gasteiger partial charge in [-0.1, -0.05) is 41.1 Å². The number of ether oxygens (including phenoxy) is 1. The van der Waals surface area contributed by atoms with Crippen molar-refractivity contribution in [3.63, 3.8) is 0 Å². The molecule has 0 spiro atoms. The second-order valence-corrected chi connectivity index (χ2v) is 5.78. The lowest BCUT2D eigenvalue weighted by Gasteiger charge is -2.21. The molecule has 0 aromatic heterocycles. The molecule has 20 heavy (non-hydrogen) atoms. The number of halogens is 1. The van der Waals surface area contributed by atoms with Crippen LogP contribution in [0.4, 0.5) is 5.69 Å². The van der Waals surface area contributed by atoms with Crippen LogP contribution in [0.3, 0.4) is 0 Å². The van der Waals surface area contributed by atoms with E-state index in [-0.39, 0.29) is 6.04 Å². The Hall–Kier alpha value is -1.48. The van der Waals surface area contributed by atoms with Gasteiger partial charge in [0.15, 0.2) is 0 Å². The van der Waals surface area contributed by atoms with Gasteiger partial charge in [-0.15, -0.1) is 0 Å². The summed E-state index contributed by atoms with van der Waals surface area (Å²) in [6.07, 6.45) is 1.01. The molecule has 2 rings (SSSR count). The van der Waals surface area contributed by atoms with Crippen molar-refractivity contribution in [3.8, 4) is 5.75 Å². The average Bonchev–Trinajstić information content (AvgIpc) is 2.45. The summed E-state index contributed by atoms with van der Waals surface area (Å²) in [5.74, 6) is 0.887. The van der Waals surface area contributed by atoms with Crippen LogP contribution in [0, 0.1) is 6.92 Å². The Morgan fingerprint density at radius 1 is 1.20 bits per heavy atom. The molecule has 0 aliphatic rings. The van der Waals surface area contributed by atoms with Crippen molar-refractivity contribution in [3.05, 3.63) is 58.1 Å². The fourth-order valence-corrected chi connectivity index (χ4v) is 2.67. The summed E-state index contributed by atoms with van der Waals surface area (Å²) in [7, 11) is 1.71. The summed E-state index contributed by atoms with van der Waals surface area (Å²) in [4.78, 5) is 0. The first-order valence-electron chi connectivity index (χ1n) is 6.80. The molecular formula is C17H20BrNO. The fourth-order valence-electron chi connectivity index (χ4n) is 2.25. The number of aryl methyl sites for hydroxylation is 1. The van der Waals surface area contributed by atoms with Crippen LogP contribution < -0.4 is 10.1 Å². The van der Waals surface area contributed by atoms with E-state index in [1.807, 2.05) is 6.07 Å². The Bertz CT molecular complexity index is 583. The van der Waals surface area contributed by atoms with Crippen molar-refractivity contribution in [2.45, 2.75) is 26.3 Å².